The quantitative estimate of drug-likeness (QED) is 0.592. The van der Waals surface area contributed by atoms with E-state index in [1.165, 1.54) is 12.3 Å². The van der Waals surface area contributed by atoms with Crippen LogP contribution in [0.25, 0.3) is 0 Å². The third-order valence-electron chi connectivity index (χ3n) is 2.46. The lowest BCUT2D eigenvalue weighted by atomic mass is 10.2. The lowest BCUT2D eigenvalue weighted by Gasteiger charge is -2.07. The zero-order valence-corrected chi connectivity index (χ0v) is 12.4. The normalized spacial score (nSPS) is 10.5. The van der Waals surface area contributed by atoms with E-state index < -0.39 is 0 Å². The van der Waals surface area contributed by atoms with Crippen LogP contribution in [0.5, 0.6) is 0 Å². The SMILES string of the molecule is CCCCOCCCNC(=O)c1cc(Cl)ncc1Cl. The first-order chi connectivity index (χ1) is 9.15. The topological polar surface area (TPSA) is 51.2 Å². The highest BCUT2D eigenvalue weighted by Gasteiger charge is 2.10. The molecule has 1 aromatic heterocycles. The molecule has 0 saturated heterocycles. The van der Waals surface area contributed by atoms with E-state index in [1.54, 1.807) is 0 Å². The summed E-state index contributed by atoms with van der Waals surface area (Å²) in [6.45, 7) is 4.08. The molecule has 0 aliphatic carbocycles. The molecule has 0 fully saturated rings. The molecule has 0 unspecified atom stereocenters. The van der Waals surface area contributed by atoms with Gasteiger partial charge in [-0.2, -0.15) is 0 Å². The standard InChI is InChI=1S/C13H18Cl2N2O2/c1-2-3-6-19-7-4-5-16-13(18)10-8-12(15)17-9-11(10)14/h8-9H,2-7H2,1H3,(H,16,18). The molecule has 1 rings (SSSR count). The van der Waals surface area contributed by atoms with Gasteiger partial charge in [0.1, 0.15) is 5.15 Å². The van der Waals surface area contributed by atoms with E-state index in [0.29, 0.717) is 23.7 Å². The Morgan fingerprint density at radius 1 is 1.37 bits per heavy atom. The van der Waals surface area contributed by atoms with Crippen LogP contribution in [-0.4, -0.2) is 30.6 Å². The van der Waals surface area contributed by atoms with E-state index in [0.717, 1.165) is 25.9 Å². The molecule has 0 atom stereocenters. The molecule has 1 N–H and O–H groups in total. The van der Waals surface area contributed by atoms with Crippen LogP contribution in [0.3, 0.4) is 0 Å². The molecule has 0 spiro atoms. The largest absolute Gasteiger partial charge is 0.381 e. The van der Waals surface area contributed by atoms with Gasteiger partial charge in [0, 0.05) is 26.0 Å². The molecule has 1 heterocycles. The van der Waals surface area contributed by atoms with Crippen molar-refractivity contribution < 1.29 is 9.53 Å². The number of halogens is 2. The summed E-state index contributed by atoms with van der Waals surface area (Å²) in [6, 6.07) is 1.46. The van der Waals surface area contributed by atoms with Crippen molar-refractivity contribution in [1.29, 1.82) is 0 Å². The summed E-state index contributed by atoms with van der Waals surface area (Å²) in [5.41, 5.74) is 0.341. The van der Waals surface area contributed by atoms with E-state index in [1.807, 2.05) is 0 Å². The summed E-state index contributed by atoms with van der Waals surface area (Å²) in [5.74, 6) is -0.247. The number of carbonyl (C=O) groups is 1. The molecule has 6 heteroatoms. The number of aromatic nitrogens is 1. The number of amides is 1. The first kappa shape index (κ1) is 16.2. The van der Waals surface area contributed by atoms with Crippen molar-refractivity contribution in [2.75, 3.05) is 19.8 Å². The number of ether oxygens (including phenoxy) is 1. The molecule has 106 valence electrons. The van der Waals surface area contributed by atoms with Gasteiger partial charge in [-0.05, 0) is 18.9 Å². The average Bonchev–Trinajstić information content (AvgIpc) is 2.40. The van der Waals surface area contributed by atoms with Crippen molar-refractivity contribution >= 4 is 29.1 Å². The number of hydrogen-bond acceptors (Lipinski definition) is 3. The predicted molar refractivity (Wildman–Crippen MR) is 76.9 cm³/mol. The lowest BCUT2D eigenvalue weighted by Crippen LogP contribution is -2.25. The number of unbranched alkanes of at least 4 members (excludes halogenated alkanes) is 1. The van der Waals surface area contributed by atoms with Gasteiger partial charge in [-0.15, -0.1) is 0 Å². The number of nitrogens with zero attached hydrogens (tertiary/aromatic N) is 1. The Kier molecular flexibility index (Phi) is 7.79. The van der Waals surface area contributed by atoms with Gasteiger partial charge in [0.05, 0.1) is 10.6 Å². The Morgan fingerprint density at radius 2 is 2.11 bits per heavy atom. The fourth-order valence-corrected chi connectivity index (χ4v) is 1.75. The number of rotatable bonds is 8. The van der Waals surface area contributed by atoms with Crippen molar-refractivity contribution in [2.24, 2.45) is 0 Å². The third kappa shape index (κ3) is 6.23. The molecule has 0 saturated carbocycles. The van der Waals surface area contributed by atoms with Crippen molar-refractivity contribution in [3.8, 4) is 0 Å². The number of nitrogens with one attached hydrogen (secondary N) is 1. The van der Waals surface area contributed by atoms with Gasteiger partial charge in [0.25, 0.3) is 5.91 Å². The fourth-order valence-electron chi connectivity index (χ4n) is 1.41. The van der Waals surface area contributed by atoms with Crippen LogP contribution >= 0.6 is 23.2 Å². The molecule has 1 aromatic rings. The minimum Gasteiger partial charge on any atom is -0.381 e. The highest BCUT2D eigenvalue weighted by atomic mass is 35.5. The van der Waals surface area contributed by atoms with Crippen LogP contribution in [0.2, 0.25) is 10.2 Å². The Balaban J connectivity index is 2.26. The van der Waals surface area contributed by atoms with Crippen molar-refractivity contribution in [2.45, 2.75) is 26.2 Å². The van der Waals surface area contributed by atoms with Crippen molar-refractivity contribution in [3.05, 3.63) is 28.0 Å². The minimum absolute atomic E-state index is 0.247. The molecule has 0 aromatic carbocycles. The van der Waals surface area contributed by atoms with Crippen molar-refractivity contribution in [1.82, 2.24) is 10.3 Å². The Labute approximate surface area is 123 Å². The molecule has 4 nitrogen and oxygen atoms in total. The van der Waals surface area contributed by atoms with Crippen LogP contribution in [0, 0.1) is 0 Å². The maximum absolute atomic E-state index is 11.8. The molecule has 0 radical (unpaired) electrons. The molecule has 0 aliphatic rings. The van der Waals surface area contributed by atoms with Crippen LogP contribution < -0.4 is 5.32 Å². The van der Waals surface area contributed by atoms with Gasteiger partial charge < -0.3 is 10.1 Å². The summed E-state index contributed by atoms with van der Waals surface area (Å²) in [7, 11) is 0. The highest BCUT2D eigenvalue weighted by Crippen LogP contribution is 2.17. The Morgan fingerprint density at radius 3 is 2.84 bits per heavy atom. The Bertz CT molecular complexity index is 414. The van der Waals surface area contributed by atoms with Gasteiger partial charge in [0.15, 0.2) is 0 Å². The summed E-state index contributed by atoms with van der Waals surface area (Å²) < 4.78 is 5.40. The lowest BCUT2D eigenvalue weighted by molar-refractivity contribution is 0.0940. The van der Waals surface area contributed by atoms with Gasteiger partial charge in [-0.25, -0.2) is 4.98 Å². The van der Waals surface area contributed by atoms with Crippen LogP contribution in [0.4, 0.5) is 0 Å². The number of hydrogen-bond donors (Lipinski definition) is 1. The van der Waals surface area contributed by atoms with E-state index in [4.69, 9.17) is 27.9 Å². The second-order valence-corrected chi connectivity index (χ2v) is 4.86. The van der Waals surface area contributed by atoms with Crippen LogP contribution in [-0.2, 0) is 4.74 Å². The average molecular weight is 305 g/mol. The zero-order valence-electron chi connectivity index (χ0n) is 10.9. The van der Waals surface area contributed by atoms with Gasteiger partial charge in [-0.3, -0.25) is 4.79 Å². The van der Waals surface area contributed by atoms with Gasteiger partial charge in [0.2, 0.25) is 0 Å². The number of pyridine rings is 1. The Hall–Kier alpha value is -0.840. The van der Waals surface area contributed by atoms with Gasteiger partial charge >= 0.3 is 0 Å². The highest BCUT2D eigenvalue weighted by molar-refractivity contribution is 6.35. The van der Waals surface area contributed by atoms with E-state index >= 15 is 0 Å². The first-order valence-corrected chi connectivity index (χ1v) is 7.07. The molecule has 19 heavy (non-hydrogen) atoms. The third-order valence-corrected chi connectivity index (χ3v) is 2.97. The first-order valence-electron chi connectivity index (χ1n) is 6.32. The van der Waals surface area contributed by atoms with Gasteiger partial charge in [-0.1, -0.05) is 36.5 Å². The van der Waals surface area contributed by atoms with E-state index in [9.17, 15) is 4.79 Å². The monoisotopic (exact) mass is 304 g/mol. The smallest absolute Gasteiger partial charge is 0.252 e. The van der Waals surface area contributed by atoms with E-state index in [2.05, 4.69) is 17.2 Å². The molecule has 1 amide bonds. The minimum atomic E-state index is -0.247. The maximum Gasteiger partial charge on any atom is 0.252 e. The molecular weight excluding hydrogens is 287 g/mol. The molecule has 0 aliphatic heterocycles. The predicted octanol–water partition coefficient (Wildman–Crippen LogP) is 3.33. The summed E-state index contributed by atoms with van der Waals surface area (Å²) in [5, 5.41) is 3.31. The van der Waals surface area contributed by atoms with Crippen molar-refractivity contribution in [3.63, 3.8) is 0 Å². The molecule has 0 bridgehead atoms. The maximum atomic E-state index is 11.8. The summed E-state index contributed by atoms with van der Waals surface area (Å²) in [6.07, 6.45) is 4.33. The fraction of sp³-hybridized carbons (Fsp3) is 0.538. The zero-order chi connectivity index (χ0) is 14.1. The summed E-state index contributed by atoms with van der Waals surface area (Å²) >= 11 is 11.6. The molecular formula is C13H18Cl2N2O2. The van der Waals surface area contributed by atoms with Crippen LogP contribution in [0.1, 0.15) is 36.5 Å². The summed E-state index contributed by atoms with van der Waals surface area (Å²) in [4.78, 5) is 15.6. The second kappa shape index (κ2) is 9.13. The second-order valence-electron chi connectivity index (χ2n) is 4.06. The number of carbonyl (C=O) groups excluding carboxylic acids is 1. The van der Waals surface area contributed by atoms with E-state index in [-0.39, 0.29) is 11.1 Å². The van der Waals surface area contributed by atoms with Crippen LogP contribution in [0.15, 0.2) is 12.3 Å².